The number of aryl methyl sites for hydroxylation is 1. The van der Waals surface area contributed by atoms with E-state index in [1.807, 2.05) is 53.7 Å². The maximum absolute atomic E-state index is 13.0. The zero-order valence-electron chi connectivity index (χ0n) is 38.5. The molecule has 0 aliphatic rings. The Bertz CT molecular complexity index is 2310. The van der Waals surface area contributed by atoms with Gasteiger partial charge in [0.15, 0.2) is 23.0 Å². The van der Waals surface area contributed by atoms with Crippen molar-refractivity contribution in [2.75, 3.05) is 18.1 Å². The van der Waals surface area contributed by atoms with E-state index in [4.69, 9.17) is 31.4 Å². The molecule has 0 aliphatic carbocycles. The predicted octanol–water partition coefficient (Wildman–Crippen LogP) is 12.4. The molecule has 0 radical (unpaired) electrons. The Balaban J connectivity index is 1.42. The third-order valence-corrected chi connectivity index (χ3v) is 11.0. The van der Waals surface area contributed by atoms with Crippen molar-refractivity contribution in [1.29, 1.82) is 0 Å². The van der Waals surface area contributed by atoms with Crippen molar-refractivity contribution in [2.45, 2.75) is 144 Å². The van der Waals surface area contributed by atoms with Gasteiger partial charge in [-0.05, 0) is 67.0 Å². The highest BCUT2D eigenvalue weighted by molar-refractivity contribution is 5.90. The Labute approximate surface area is 367 Å². The molecular weight excluding hydrogens is 779 g/mol. The van der Waals surface area contributed by atoms with E-state index >= 15 is 0 Å². The van der Waals surface area contributed by atoms with Crippen LogP contribution in [0.4, 0.5) is 34.4 Å². The largest absolute Gasteiger partial charge is 0.462 e. The van der Waals surface area contributed by atoms with Gasteiger partial charge >= 0.3 is 5.97 Å². The number of benzene rings is 2. The van der Waals surface area contributed by atoms with E-state index in [0.717, 1.165) is 50.1 Å². The maximum Gasteiger partial charge on any atom is 0.338 e. The number of hydrogen-bond donors (Lipinski definition) is 2. The molecular formula is C47H67N13O2. The summed E-state index contributed by atoms with van der Waals surface area (Å²) in [5.41, 5.74) is 17.4. The maximum atomic E-state index is 13.0. The van der Waals surface area contributed by atoms with Crippen molar-refractivity contribution in [2.24, 2.45) is 32.3 Å². The third kappa shape index (κ3) is 12.2. The molecule has 4 N–H and O–H groups in total. The van der Waals surface area contributed by atoms with E-state index in [2.05, 4.69) is 70.3 Å². The van der Waals surface area contributed by atoms with Crippen LogP contribution in [0.3, 0.4) is 0 Å². The monoisotopic (exact) mass is 846 g/mol. The molecule has 2 unspecified atom stereocenters. The van der Waals surface area contributed by atoms with Crippen molar-refractivity contribution in [3.05, 3.63) is 77.4 Å². The Hall–Kier alpha value is -5.86. The molecule has 5 aromatic rings. The summed E-state index contributed by atoms with van der Waals surface area (Å²) in [5, 5.41) is 28.0. The minimum absolute atomic E-state index is 0.126. The number of carbonyl (C=O) groups is 1. The van der Waals surface area contributed by atoms with Gasteiger partial charge in [0, 0.05) is 10.8 Å². The van der Waals surface area contributed by atoms with Crippen molar-refractivity contribution in [3.8, 4) is 11.9 Å². The highest BCUT2D eigenvalue weighted by Crippen LogP contribution is 2.39. The smallest absolute Gasteiger partial charge is 0.338 e. The van der Waals surface area contributed by atoms with Gasteiger partial charge in [0.25, 0.3) is 11.9 Å². The van der Waals surface area contributed by atoms with Gasteiger partial charge in [-0.15, -0.1) is 10.2 Å². The molecule has 62 heavy (non-hydrogen) atoms. The number of hydrogen-bond acceptors (Lipinski definition) is 13. The minimum Gasteiger partial charge on any atom is -0.462 e. The van der Waals surface area contributed by atoms with Gasteiger partial charge in [0.2, 0.25) is 0 Å². The number of carbonyl (C=O) groups excluding carboxylic acids is 1. The molecule has 0 spiro atoms. The fourth-order valence-corrected chi connectivity index (χ4v) is 7.12. The van der Waals surface area contributed by atoms with Gasteiger partial charge in [-0.1, -0.05) is 132 Å². The van der Waals surface area contributed by atoms with Crippen molar-refractivity contribution in [3.63, 3.8) is 0 Å². The van der Waals surface area contributed by atoms with Gasteiger partial charge in [0.1, 0.15) is 6.33 Å². The Kier molecular flexibility index (Phi) is 16.2. The fourth-order valence-electron chi connectivity index (χ4n) is 7.12. The van der Waals surface area contributed by atoms with Crippen LogP contribution in [0.5, 0.6) is 0 Å². The molecule has 0 bridgehead atoms. The highest BCUT2D eigenvalue weighted by Gasteiger charge is 2.30. The Morgan fingerprint density at radius 1 is 0.694 bits per heavy atom. The predicted molar refractivity (Wildman–Crippen MR) is 247 cm³/mol. The lowest BCUT2D eigenvalue weighted by Gasteiger charge is -2.15. The first-order chi connectivity index (χ1) is 29.6. The quantitative estimate of drug-likeness (QED) is 0.0564. The second kappa shape index (κ2) is 21.3. The first-order valence-corrected chi connectivity index (χ1v) is 22.2. The van der Waals surface area contributed by atoms with Crippen LogP contribution in [-0.4, -0.2) is 47.1 Å². The van der Waals surface area contributed by atoms with E-state index in [1.165, 1.54) is 46.9 Å². The van der Waals surface area contributed by atoms with Crippen LogP contribution < -0.4 is 11.5 Å². The van der Waals surface area contributed by atoms with Gasteiger partial charge < -0.3 is 16.2 Å². The third-order valence-electron chi connectivity index (χ3n) is 11.0. The summed E-state index contributed by atoms with van der Waals surface area (Å²) in [5.74, 6) is 1.32. The topological polar surface area (TPSA) is 202 Å². The normalized spacial score (nSPS) is 13.3. The summed E-state index contributed by atoms with van der Waals surface area (Å²) in [7, 11) is 0. The van der Waals surface area contributed by atoms with E-state index in [-0.39, 0.29) is 23.5 Å². The number of esters is 1. The second-order valence-electron chi connectivity index (χ2n) is 18.2. The zero-order chi connectivity index (χ0) is 45.0. The molecule has 5 rings (SSSR count). The van der Waals surface area contributed by atoms with Crippen LogP contribution in [-0.2, 0) is 22.0 Å². The number of nitrogens with zero attached hydrogens (tertiary/aromatic N) is 11. The summed E-state index contributed by atoms with van der Waals surface area (Å²) in [6.07, 6.45) is 12.7. The van der Waals surface area contributed by atoms with Crippen LogP contribution in [0.1, 0.15) is 154 Å². The van der Waals surface area contributed by atoms with Crippen molar-refractivity contribution in [1.82, 2.24) is 34.5 Å². The lowest BCUT2D eigenvalue weighted by atomic mass is 9.91. The molecule has 0 aliphatic heterocycles. The second-order valence-corrected chi connectivity index (χ2v) is 18.2. The summed E-state index contributed by atoms with van der Waals surface area (Å²) in [4.78, 5) is 26.6. The van der Waals surface area contributed by atoms with E-state index < -0.39 is 16.8 Å². The van der Waals surface area contributed by atoms with Gasteiger partial charge in [0.05, 0.1) is 34.9 Å². The molecule has 2 aromatic carbocycles. The first-order valence-electron chi connectivity index (χ1n) is 22.2. The number of ether oxygens (including phenoxy) is 1. The molecule has 2 atom stereocenters. The number of azo groups is 2. The number of rotatable bonds is 20. The number of nitrogens with two attached hydrogens (primary N) is 2. The molecule has 0 amide bonds. The highest BCUT2D eigenvalue weighted by atomic mass is 16.5. The van der Waals surface area contributed by atoms with E-state index in [0.29, 0.717) is 46.5 Å². The summed E-state index contributed by atoms with van der Waals surface area (Å²) in [6.45, 7) is 21.3. The average Bonchev–Trinajstić information content (AvgIpc) is 3.78. The van der Waals surface area contributed by atoms with Gasteiger partial charge in [-0.3, -0.25) is 0 Å². The molecule has 332 valence electrons. The van der Waals surface area contributed by atoms with E-state index in [1.54, 1.807) is 24.3 Å². The Morgan fingerprint density at radius 2 is 1.21 bits per heavy atom. The van der Waals surface area contributed by atoms with Crippen molar-refractivity contribution >= 4 is 40.4 Å². The summed E-state index contributed by atoms with van der Waals surface area (Å²) in [6, 6.07) is 15.1. The first kappa shape index (κ1) is 47.2. The lowest BCUT2D eigenvalue weighted by Crippen LogP contribution is -2.16. The molecule has 0 saturated carbocycles. The molecule has 3 aromatic heterocycles. The standard InChI is InChI=1S/C47H67N13O2/c1-11-15-19-31(13-3)25-26-33-21-17-23-35(27-33)53-55-37-39(46(5,6)7)57-59(41(37)48)44-50-30-51-45(52-44)60-42(49)38(40(58-60)47(8,9)10)56-54-36-24-18-22-34(28-36)43(61)62-29-32(14-4)20-16-12-2/h17-18,21-24,27-28,30-32H,11-16,19-20,25-26,29,48-49H2,1-10H3. The van der Waals surface area contributed by atoms with Crippen LogP contribution in [0, 0.1) is 11.8 Å². The average molecular weight is 846 g/mol. The number of nitrogen functional groups attached to an aromatic ring is 2. The van der Waals surface area contributed by atoms with Gasteiger partial charge in [-0.2, -0.15) is 44.7 Å². The Morgan fingerprint density at radius 3 is 1.73 bits per heavy atom. The van der Waals surface area contributed by atoms with Crippen LogP contribution in [0.2, 0.25) is 0 Å². The molecule has 15 nitrogen and oxygen atoms in total. The van der Waals surface area contributed by atoms with Crippen LogP contribution >= 0.6 is 0 Å². The summed E-state index contributed by atoms with van der Waals surface area (Å²) < 4.78 is 8.52. The molecule has 0 fully saturated rings. The number of anilines is 2. The zero-order valence-corrected chi connectivity index (χ0v) is 38.5. The van der Waals surface area contributed by atoms with Crippen LogP contribution in [0.15, 0.2) is 75.3 Å². The van der Waals surface area contributed by atoms with Gasteiger partial charge in [-0.25, -0.2) is 4.79 Å². The summed E-state index contributed by atoms with van der Waals surface area (Å²) >= 11 is 0. The molecule has 3 heterocycles. The number of aromatic nitrogens is 7. The SMILES string of the molecule is CCCCC(CC)CCc1cccc(N=Nc2c(C(C)(C)C)nn(-c3ncnc(-n4nc(C(C)(C)C)c(N=Nc5cccc(C(=O)OCC(CC)CCCC)c5)c4N)n3)c2N)c1. The minimum atomic E-state index is -0.497. The van der Waals surface area contributed by atoms with Crippen molar-refractivity contribution < 1.29 is 9.53 Å². The molecule has 0 saturated heterocycles. The number of unbranched alkanes of at least 4 members (excludes halogenated alkanes) is 2. The fraction of sp³-hybridized carbons (Fsp3) is 0.532. The molecule has 15 heteroatoms. The van der Waals surface area contributed by atoms with Crippen LogP contribution in [0.25, 0.3) is 11.9 Å². The van der Waals surface area contributed by atoms with E-state index in [9.17, 15) is 4.79 Å². The lowest BCUT2D eigenvalue weighted by molar-refractivity contribution is 0.0428.